The van der Waals surface area contributed by atoms with Gasteiger partial charge in [0.1, 0.15) is 0 Å². The van der Waals surface area contributed by atoms with Crippen LogP contribution in [0.4, 0.5) is 5.69 Å². The number of anilines is 1. The molecule has 0 spiro atoms. The molecule has 1 aliphatic rings. The lowest BCUT2D eigenvalue weighted by Crippen LogP contribution is -2.45. The Bertz CT molecular complexity index is 1180. The van der Waals surface area contributed by atoms with Crippen LogP contribution in [0.2, 0.25) is 0 Å². The van der Waals surface area contributed by atoms with Crippen molar-refractivity contribution in [1.82, 2.24) is 9.30 Å². The third-order valence-corrected chi connectivity index (χ3v) is 6.36. The Hall–Kier alpha value is -3.46. The number of piperazine rings is 1. The maximum Gasteiger partial charge on any atom is 0.0459 e. The van der Waals surface area contributed by atoms with Crippen molar-refractivity contribution in [3.05, 3.63) is 109 Å². The minimum atomic E-state index is 0.909. The molecule has 0 saturated carbocycles. The zero-order chi connectivity index (χ0) is 21.2. The molecule has 31 heavy (non-hydrogen) atoms. The van der Waals surface area contributed by atoms with Gasteiger partial charge < -0.3 is 14.2 Å². The van der Waals surface area contributed by atoms with E-state index >= 15 is 0 Å². The number of aromatic nitrogens is 1. The number of allylic oxidation sites excluding steroid dienone is 1. The monoisotopic (exact) mass is 407 g/mol. The molecule has 2 aromatic heterocycles. The Morgan fingerprint density at radius 3 is 2.26 bits per heavy atom. The van der Waals surface area contributed by atoms with Crippen molar-refractivity contribution >= 4 is 11.2 Å². The highest BCUT2D eigenvalue weighted by molar-refractivity contribution is 5.74. The number of pyridine rings is 1. The Kier molecular flexibility index (Phi) is 5.25. The Morgan fingerprint density at radius 1 is 0.839 bits per heavy atom. The fraction of sp³-hybridized carbons (Fsp3) is 0.214. The first-order chi connectivity index (χ1) is 15.2. The van der Waals surface area contributed by atoms with Gasteiger partial charge in [0.2, 0.25) is 0 Å². The molecule has 0 aliphatic carbocycles. The van der Waals surface area contributed by atoms with Gasteiger partial charge in [-0.25, -0.2) is 0 Å². The largest absolute Gasteiger partial charge is 0.372 e. The summed E-state index contributed by atoms with van der Waals surface area (Å²) in [6.07, 6.45) is 3.08. The van der Waals surface area contributed by atoms with Gasteiger partial charge in [0.05, 0.1) is 0 Å². The van der Waals surface area contributed by atoms with E-state index < -0.39 is 0 Å². The summed E-state index contributed by atoms with van der Waals surface area (Å²) < 4.78 is 2.33. The number of fused-ring (bicyclic) bond motifs is 1. The molecule has 1 aliphatic heterocycles. The molecule has 2 aromatic carbocycles. The second kappa shape index (κ2) is 8.35. The molecule has 3 heterocycles. The highest BCUT2D eigenvalue weighted by atomic mass is 15.3. The van der Waals surface area contributed by atoms with Crippen molar-refractivity contribution in [2.45, 2.75) is 13.3 Å². The lowest BCUT2D eigenvalue weighted by Gasteiger charge is -2.37. The van der Waals surface area contributed by atoms with Gasteiger partial charge in [0, 0.05) is 67.0 Å². The van der Waals surface area contributed by atoms with Crippen LogP contribution in [0, 0.1) is 0 Å². The summed E-state index contributed by atoms with van der Waals surface area (Å²) in [4.78, 5) is 4.85. The van der Waals surface area contributed by atoms with Gasteiger partial charge in [-0.15, -0.1) is 0 Å². The quantitative estimate of drug-likeness (QED) is 0.411. The van der Waals surface area contributed by atoms with Gasteiger partial charge in [-0.05, 0) is 48.4 Å². The first-order valence-electron chi connectivity index (χ1n) is 11.1. The molecular weight excluding hydrogens is 378 g/mol. The van der Waals surface area contributed by atoms with E-state index in [4.69, 9.17) is 0 Å². The molecule has 156 valence electrons. The molecule has 0 amide bonds. The molecular formula is C28H29N3. The second-order valence-electron chi connectivity index (χ2n) is 8.42. The van der Waals surface area contributed by atoms with Crippen molar-refractivity contribution in [3.8, 4) is 11.1 Å². The molecule has 5 rings (SSSR count). The zero-order valence-corrected chi connectivity index (χ0v) is 18.2. The van der Waals surface area contributed by atoms with Gasteiger partial charge in [-0.2, -0.15) is 0 Å². The number of hydrogen-bond donors (Lipinski definition) is 0. The van der Waals surface area contributed by atoms with Crippen molar-refractivity contribution < 1.29 is 0 Å². The van der Waals surface area contributed by atoms with E-state index in [9.17, 15) is 0 Å². The average molecular weight is 408 g/mol. The van der Waals surface area contributed by atoms with Crippen LogP contribution in [0.15, 0.2) is 97.3 Å². The van der Waals surface area contributed by atoms with Gasteiger partial charge in [0.15, 0.2) is 0 Å². The highest BCUT2D eigenvalue weighted by Crippen LogP contribution is 2.30. The average Bonchev–Trinajstić information content (AvgIpc) is 3.19. The lowest BCUT2D eigenvalue weighted by molar-refractivity contribution is 0.323. The SMILES string of the molecule is C=C(C)N1CCN(c2ccc(Cc3c(-c4ccccc4)cc4ccccn34)cc2)CC1. The van der Waals surface area contributed by atoms with Crippen LogP contribution >= 0.6 is 0 Å². The van der Waals surface area contributed by atoms with Gasteiger partial charge in [-0.3, -0.25) is 0 Å². The normalized spacial score (nSPS) is 14.2. The molecule has 1 fully saturated rings. The maximum atomic E-state index is 4.08. The molecule has 0 bridgehead atoms. The van der Waals surface area contributed by atoms with Crippen LogP contribution in [0.5, 0.6) is 0 Å². The minimum Gasteiger partial charge on any atom is -0.372 e. The highest BCUT2D eigenvalue weighted by Gasteiger charge is 2.17. The Balaban J connectivity index is 1.40. The van der Waals surface area contributed by atoms with Crippen molar-refractivity contribution in [2.24, 2.45) is 0 Å². The molecule has 0 unspecified atom stereocenters. The smallest absolute Gasteiger partial charge is 0.0459 e. The molecule has 0 radical (unpaired) electrons. The van der Waals surface area contributed by atoms with Crippen LogP contribution in [-0.4, -0.2) is 35.5 Å². The van der Waals surface area contributed by atoms with E-state index in [0.717, 1.165) is 32.6 Å². The van der Waals surface area contributed by atoms with Crippen molar-refractivity contribution in [3.63, 3.8) is 0 Å². The molecule has 4 aromatic rings. The van der Waals surface area contributed by atoms with Gasteiger partial charge in [0.25, 0.3) is 0 Å². The van der Waals surface area contributed by atoms with E-state index in [1.54, 1.807) is 0 Å². The summed E-state index contributed by atoms with van der Waals surface area (Å²) >= 11 is 0. The lowest BCUT2D eigenvalue weighted by atomic mass is 10.0. The zero-order valence-electron chi connectivity index (χ0n) is 18.2. The summed E-state index contributed by atoms with van der Waals surface area (Å²) in [5, 5.41) is 0. The van der Waals surface area contributed by atoms with Crippen molar-refractivity contribution in [1.29, 1.82) is 0 Å². The first-order valence-corrected chi connectivity index (χ1v) is 11.1. The van der Waals surface area contributed by atoms with Crippen LogP contribution in [-0.2, 0) is 6.42 Å². The van der Waals surface area contributed by atoms with E-state index in [0.29, 0.717) is 0 Å². The predicted molar refractivity (Wildman–Crippen MR) is 131 cm³/mol. The van der Waals surface area contributed by atoms with Crippen LogP contribution in [0.25, 0.3) is 16.6 Å². The van der Waals surface area contributed by atoms with E-state index in [2.05, 4.69) is 113 Å². The third-order valence-electron chi connectivity index (χ3n) is 6.36. The molecule has 3 heteroatoms. The Labute approximate surface area is 184 Å². The second-order valence-corrected chi connectivity index (χ2v) is 8.42. The molecule has 0 N–H and O–H groups in total. The van der Waals surface area contributed by atoms with Gasteiger partial charge >= 0.3 is 0 Å². The summed E-state index contributed by atoms with van der Waals surface area (Å²) in [5.74, 6) is 0. The van der Waals surface area contributed by atoms with Crippen LogP contribution in [0.3, 0.4) is 0 Å². The van der Waals surface area contributed by atoms with E-state index in [-0.39, 0.29) is 0 Å². The first kappa shape index (κ1) is 19.5. The summed E-state index contributed by atoms with van der Waals surface area (Å²) in [5.41, 5.74) is 8.98. The molecule has 0 atom stereocenters. The summed E-state index contributed by atoms with van der Waals surface area (Å²) in [7, 11) is 0. The molecule has 1 saturated heterocycles. The standard InChI is InChI=1S/C28H29N3/c1-22(2)29-16-18-30(19-17-29)25-13-11-23(12-14-25)20-28-27(24-8-4-3-5-9-24)21-26-10-6-7-15-31(26)28/h3-15,21H,1,16-20H2,2H3. The third kappa shape index (κ3) is 3.96. The topological polar surface area (TPSA) is 10.9 Å². The van der Waals surface area contributed by atoms with E-state index in [1.165, 1.54) is 39.3 Å². The minimum absolute atomic E-state index is 0.909. The summed E-state index contributed by atoms with van der Waals surface area (Å²) in [6.45, 7) is 10.4. The van der Waals surface area contributed by atoms with Crippen LogP contribution < -0.4 is 4.90 Å². The predicted octanol–water partition coefficient (Wildman–Crippen LogP) is 5.85. The number of benzene rings is 2. The van der Waals surface area contributed by atoms with Crippen LogP contribution in [0.1, 0.15) is 18.2 Å². The fourth-order valence-electron chi connectivity index (χ4n) is 4.59. The fourth-order valence-corrected chi connectivity index (χ4v) is 4.59. The maximum absolute atomic E-state index is 4.08. The molecule has 3 nitrogen and oxygen atoms in total. The van der Waals surface area contributed by atoms with E-state index in [1.807, 2.05) is 0 Å². The van der Waals surface area contributed by atoms with Crippen molar-refractivity contribution in [2.75, 3.05) is 31.1 Å². The number of rotatable bonds is 5. The van der Waals surface area contributed by atoms with Gasteiger partial charge in [-0.1, -0.05) is 55.1 Å². The summed E-state index contributed by atoms with van der Waals surface area (Å²) in [6, 6.07) is 28.6. The Morgan fingerprint density at radius 2 is 1.55 bits per heavy atom. The number of nitrogens with zero attached hydrogens (tertiary/aromatic N) is 3. The number of hydrogen-bond acceptors (Lipinski definition) is 2.